The van der Waals surface area contributed by atoms with E-state index in [2.05, 4.69) is 31.9 Å². The zero-order valence-electron chi connectivity index (χ0n) is 6.80. The summed E-state index contributed by atoms with van der Waals surface area (Å²) in [5, 5.41) is 0.787. The van der Waals surface area contributed by atoms with Crippen molar-refractivity contribution in [1.29, 1.82) is 0 Å². The second kappa shape index (κ2) is 5.40. The molecule has 0 bridgehead atoms. The van der Waals surface area contributed by atoms with Crippen molar-refractivity contribution in [3.63, 3.8) is 0 Å². The predicted molar refractivity (Wildman–Crippen MR) is 58.8 cm³/mol. The van der Waals surface area contributed by atoms with Crippen LogP contribution in [0.1, 0.15) is 10.4 Å². The molecule has 0 amide bonds. The van der Waals surface area contributed by atoms with Gasteiger partial charge in [-0.3, -0.25) is 4.79 Å². The highest BCUT2D eigenvalue weighted by Gasteiger charge is 2.01. The fourth-order valence-electron chi connectivity index (χ4n) is 0.856. The minimum atomic E-state index is 0.610. The third-order valence-corrected chi connectivity index (χ3v) is 2.37. The number of halogens is 2. The molecule has 0 N–H and O–H groups in total. The lowest BCUT2D eigenvalue weighted by molar-refractivity contribution is 0.112. The van der Waals surface area contributed by atoms with Gasteiger partial charge >= 0.3 is 0 Å². The lowest BCUT2D eigenvalue weighted by Crippen LogP contribution is -1.98. The number of aldehydes is 1. The first-order chi connectivity index (χ1) is 6.27. The molecule has 0 aromatic heterocycles. The number of carbonyl (C=O) groups excluding carboxylic acids is 1. The molecule has 0 aliphatic rings. The maximum absolute atomic E-state index is 10.4. The van der Waals surface area contributed by atoms with Crippen molar-refractivity contribution < 1.29 is 9.53 Å². The Balaban J connectivity index is 2.79. The molecule has 13 heavy (non-hydrogen) atoms. The van der Waals surface area contributed by atoms with Crippen molar-refractivity contribution in [2.45, 2.75) is 0 Å². The number of carbonyl (C=O) groups is 1. The number of hydrogen-bond donors (Lipinski definition) is 0. The summed E-state index contributed by atoms with van der Waals surface area (Å²) in [7, 11) is 0. The van der Waals surface area contributed by atoms with E-state index < -0.39 is 0 Å². The van der Waals surface area contributed by atoms with Gasteiger partial charge in [0.25, 0.3) is 0 Å². The van der Waals surface area contributed by atoms with Crippen LogP contribution in [0.4, 0.5) is 0 Å². The van der Waals surface area contributed by atoms with Crippen molar-refractivity contribution in [2.75, 3.05) is 11.9 Å². The van der Waals surface area contributed by atoms with Crippen LogP contribution in [0.5, 0.6) is 5.75 Å². The Kier molecular flexibility index (Phi) is 4.45. The first-order valence-electron chi connectivity index (χ1n) is 3.71. The van der Waals surface area contributed by atoms with Gasteiger partial charge in [-0.25, -0.2) is 0 Å². The summed E-state index contributed by atoms with van der Waals surface area (Å²) in [5.74, 6) is 0.755. The molecule has 1 aromatic carbocycles. The zero-order valence-corrected chi connectivity index (χ0v) is 9.97. The van der Waals surface area contributed by atoms with Crippen LogP contribution >= 0.6 is 31.9 Å². The van der Waals surface area contributed by atoms with Gasteiger partial charge in [0.15, 0.2) is 0 Å². The van der Waals surface area contributed by atoms with E-state index in [0.717, 1.165) is 21.8 Å². The quantitative estimate of drug-likeness (QED) is 0.631. The van der Waals surface area contributed by atoms with Gasteiger partial charge in [0.05, 0.1) is 11.1 Å². The molecule has 0 spiro atoms. The van der Waals surface area contributed by atoms with E-state index in [1.807, 2.05) is 0 Å². The van der Waals surface area contributed by atoms with E-state index in [-0.39, 0.29) is 0 Å². The molecule has 70 valence electrons. The van der Waals surface area contributed by atoms with Gasteiger partial charge in [0, 0.05) is 10.9 Å². The SMILES string of the molecule is O=Cc1ccc(OCCBr)c(Br)c1. The lowest BCUT2D eigenvalue weighted by atomic mass is 10.2. The Morgan fingerprint density at radius 1 is 1.46 bits per heavy atom. The van der Waals surface area contributed by atoms with Crippen LogP contribution in [0, 0.1) is 0 Å². The maximum atomic E-state index is 10.4. The van der Waals surface area contributed by atoms with Gasteiger partial charge in [0.1, 0.15) is 12.0 Å². The van der Waals surface area contributed by atoms with Crippen molar-refractivity contribution in [1.82, 2.24) is 0 Å². The largest absolute Gasteiger partial charge is 0.492 e. The summed E-state index contributed by atoms with van der Waals surface area (Å²) in [4.78, 5) is 10.4. The summed E-state index contributed by atoms with van der Waals surface area (Å²) < 4.78 is 6.18. The highest BCUT2D eigenvalue weighted by atomic mass is 79.9. The molecule has 0 saturated carbocycles. The predicted octanol–water partition coefficient (Wildman–Crippen LogP) is 3.04. The van der Waals surface area contributed by atoms with E-state index in [9.17, 15) is 4.79 Å². The van der Waals surface area contributed by atoms with Crippen LogP contribution in [0.25, 0.3) is 0 Å². The molecule has 1 rings (SSSR count). The molecule has 0 unspecified atom stereocenters. The molecule has 0 fully saturated rings. The van der Waals surface area contributed by atoms with Crippen LogP contribution in [0.15, 0.2) is 22.7 Å². The van der Waals surface area contributed by atoms with Crippen molar-refractivity contribution >= 4 is 38.1 Å². The van der Waals surface area contributed by atoms with Crippen LogP contribution in [0.2, 0.25) is 0 Å². The van der Waals surface area contributed by atoms with E-state index in [4.69, 9.17) is 4.74 Å². The van der Waals surface area contributed by atoms with Crippen molar-refractivity contribution in [3.8, 4) is 5.75 Å². The van der Waals surface area contributed by atoms with E-state index in [1.54, 1.807) is 18.2 Å². The lowest BCUT2D eigenvalue weighted by Gasteiger charge is -2.06. The van der Waals surface area contributed by atoms with E-state index in [0.29, 0.717) is 12.2 Å². The Morgan fingerprint density at radius 3 is 2.77 bits per heavy atom. The minimum absolute atomic E-state index is 0.610. The average Bonchev–Trinajstić information content (AvgIpc) is 2.16. The van der Waals surface area contributed by atoms with Crippen LogP contribution in [-0.2, 0) is 0 Å². The number of alkyl halides is 1. The summed E-state index contributed by atoms with van der Waals surface area (Å²) >= 11 is 6.58. The Labute approximate surface area is 93.5 Å². The summed E-state index contributed by atoms with van der Waals surface area (Å²) in [5.41, 5.74) is 0.637. The van der Waals surface area contributed by atoms with Gasteiger partial charge in [0.2, 0.25) is 0 Å². The van der Waals surface area contributed by atoms with Gasteiger partial charge in [-0.05, 0) is 34.1 Å². The van der Waals surface area contributed by atoms with Gasteiger partial charge in [-0.1, -0.05) is 15.9 Å². The standard InChI is InChI=1S/C9H8Br2O2/c10-3-4-13-9-2-1-7(6-12)5-8(9)11/h1-2,5-6H,3-4H2. The molecule has 0 aliphatic carbocycles. The van der Waals surface area contributed by atoms with Crippen LogP contribution < -0.4 is 4.74 Å². The van der Waals surface area contributed by atoms with Gasteiger partial charge < -0.3 is 4.74 Å². The molecular weight excluding hydrogens is 300 g/mol. The van der Waals surface area contributed by atoms with E-state index >= 15 is 0 Å². The Morgan fingerprint density at radius 2 is 2.23 bits per heavy atom. The topological polar surface area (TPSA) is 26.3 Å². The minimum Gasteiger partial charge on any atom is -0.492 e. The number of rotatable bonds is 4. The molecule has 0 radical (unpaired) electrons. The summed E-state index contributed by atoms with van der Waals surface area (Å²) in [6, 6.07) is 5.23. The maximum Gasteiger partial charge on any atom is 0.150 e. The second-order valence-corrected chi connectivity index (χ2v) is 3.99. The summed E-state index contributed by atoms with van der Waals surface area (Å²) in [6.45, 7) is 0.610. The normalized spacial score (nSPS) is 9.69. The van der Waals surface area contributed by atoms with E-state index in [1.165, 1.54) is 0 Å². The average molecular weight is 308 g/mol. The second-order valence-electron chi connectivity index (χ2n) is 2.35. The monoisotopic (exact) mass is 306 g/mol. The van der Waals surface area contributed by atoms with Crippen LogP contribution in [-0.4, -0.2) is 18.2 Å². The Hall–Kier alpha value is -0.350. The molecule has 0 saturated heterocycles. The smallest absolute Gasteiger partial charge is 0.150 e. The fraction of sp³-hybridized carbons (Fsp3) is 0.222. The molecule has 0 aliphatic heterocycles. The van der Waals surface area contributed by atoms with Gasteiger partial charge in [-0.2, -0.15) is 0 Å². The first-order valence-corrected chi connectivity index (χ1v) is 5.63. The third kappa shape index (κ3) is 3.12. The first kappa shape index (κ1) is 10.7. The molecular formula is C9H8Br2O2. The third-order valence-electron chi connectivity index (χ3n) is 1.43. The Bertz CT molecular complexity index is 300. The highest BCUT2D eigenvalue weighted by molar-refractivity contribution is 9.10. The molecule has 4 heteroatoms. The number of ether oxygens (including phenoxy) is 1. The van der Waals surface area contributed by atoms with Crippen LogP contribution in [0.3, 0.4) is 0 Å². The molecule has 0 heterocycles. The fourth-order valence-corrected chi connectivity index (χ4v) is 1.53. The molecule has 2 nitrogen and oxygen atoms in total. The molecule has 0 atom stereocenters. The molecule has 1 aromatic rings. The zero-order chi connectivity index (χ0) is 9.68. The van der Waals surface area contributed by atoms with Crippen molar-refractivity contribution in [3.05, 3.63) is 28.2 Å². The highest BCUT2D eigenvalue weighted by Crippen LogP contribution is 2.25. The number of benzene rings is 1. The summed E-state index contributed by atoms with van der Waals surface area (Å²) in [6.07, 6.45) is 0.805. The number of hydrogen-bond acceptors (Lipinski definition) is 2. The van der Waals surface area contributed by atoms with Crippen molar-refractivity contribution in [2.24, 2.45) is 0 Å². The van der Waals surface area contributed by atoms with Gasteiger partial charge in [-0.15, -0.1) is 0 Å².